The molecule has 1 atom stereocenters. The van der Waals surface area contributed by atoms with Gasteiger partial charge in [0.15, 0.2) is 0 Å². The minimum Gasteiger partial charge on any atom is -0.0712 e. The Balaban J connectivity index is 2.76. The van der Waals surface area contributed by atoms with Gasteiger partial charge in [-0.2, -0.15) is 0 Å². The molecule has 0 radical (unpaired) electrons. The van der Waals surface area contributed by atoms with E-state index >= 15 is 0 Å². The van der Waals surface area contributed by atoms with Crippen LogP contribution in [0.1, 0.15) is 18.4 Å². The van der Waals surface area contributed by atoms with Crippen molar-refractivity contribution in [3.05, 3.63) is 46.1 Å². The highest BCUT2D eigenvalue weighted by Gasteiger charge is 1.97. The van der Waals surface area contributed by atoms with Gasteiger partial charge >= 0.3 is 0 Å². The van der Waals surface area contributed by atoms with Crippen molar-refractivity contribution >= 4 is 22.6 Å². The third-order valence-corrected chi connectivity index (χ3v) is 2.10. The van der Waals surface area contributed by atoms with E-state index in [1.165, 1.54) is 5.56 Å². The van der Waals surface area contributed by atoms with E-state index in [4.69, 9.17) is 0 Å². The fourth-order valence-corrected chi connectivity index (χ4v) is 1.60. The van der Waals surface area contributed by atoms with E-state index in [0.717, 1.165) is 0 Å². The van der Waals surface area contributed by atoms with E-state index in [1.807, 2.05) is 6.07 Å². The summed E-state index contributed by atoms with van der Waals surface area (Å²) in [4.78, 5) is 0. The van der Waals surface area contributed by atoms with Crippen molar-refractivity contribution in [1.82, 2.24) is 0 Å². The van der Waals surface area contributed by atoms with Crippen molar-refractivity contribution in [2.75, 3.05) is 0 Å². The molecule has 11 heavy (non-hydrogen) atoms. The summed E-state index contributed by atoms with van der Waals surface area (Å²) >= 11 is 2.25. The normalized spacial score (nSPS) is 13.6. The number of hydrogen-bond donors (Lipinski definition) is 0. The molecule has 1 aromatic rings. The molecule has 0 bridgehead atoms. The van der Waals surface area contributed by atoms with Crippen molar-refractivity contribution in [3.63, 3.8) is 0 Å². The van der Waals surface area contributed by atoms with Gasteiger partial charge in [-0.3, -0.25) is 0 Å². The standard InChI is InChI=1S/C10H11I/c1-9(7-8-11)10-5-3-2-4-6-10/h2-9H,1H3. The van der Waals surface area contributed by atoms with Gasteiger partial charge in [0.05, 0.1) is 0 Å². The van der Waals surface area contributed by atoms with Crippen molar-refractivity contribution in [3.8, 4) is 0 Å². The molecule has 0 aliphatic rings. The summed E-state index contributed by atoms with van der Waals surface area (Å²) in [5, 5.41) is 0. The molecule has 0 aliphatic heterocycles. The first-order chi connectivity index (χ1) is 5.34. The SMILES string of the molecule is CC(C=CI)c1ccccc1. The molecule has 0 fully saturated rings. The van der Waals surface area contributed by atoms with Gasteiger partial charge in [0.25, 0.3) is 0 Å². The van der Waals surface area contributed by atoms with Crippen LogP contribution in [-0.2, 0) is 0 Å². The summed E-state index contributed by atoms with van der Waals surface area (Å²) in [6, 6.07) is 10.5. The quantitative estimate of drug-likeness (QED) is 0.709. The number of benzene rings is 1. The topological polar surface area (TPSA) is 0 Å². The number of hydrogen-bond acceptors (Lipinski definition) is 0. The van der Waals surface area contributed by atoms with E-state index in [0.29, 0.717) is 5.92 Å². The summed E-state index contributed by atoms with van der Waals surface area (Å²) < 4.78 is 2.06. The van der Waals surface area contributed by atoms with Crippen LogP contribution in [0, 0.1) is 0 Å². The monoisotopic (exact) mass is 258 g/mol. The van der Waals surface area contributed by atoms with Crippen LogP contribution in [0.25, 0.3) is 0 Å². The zero-order valence-electron chi connectivity index (χ0n) is 6.50. The molecule has 0 amide bonds. The molecule has 0 aliphatic carbocycles. The fourth-order valence-electron chi connectivity index (χ4n) is 0.977. The number of allylic oxidation sites excluding steroid dienone is 1. The lowest BCUT2D eigenvalue weighted by Gasteiger charge is -2.04. The van der Waals surface area contributed by atoms with E-state index in [-0.39, 0.29) is 0 Å². The number of halogens is 1. The van der Waals surface area contributed by atoms with Gasteiger partial charge in [-0.1, -0.05) is 65.9 Å². The second-order valence-corrected chi connectivity index (χ2v) is 3.24. The highest BCUT2D eigenvalue weighted by Crippen LogP contribution is 2.15. The Bertz CT molecular complexity index is 226. The summed E-state index contributed by atoms with van der Waals surface area (Å²) in [6.07, 6.45) is 2.19. The minimum absolute atomic E-state index is 0.535. The minimum atomic E-state index is 0.535. The average molecular weight is 258 g/mol. The molecule has 1 unspecified atom stereocenters. The van der Waals surface area contributed by atoms with Gasteiger partial charge in [0.2, 0.25) is 0 Å². The molecule has 0 nitrogen and oxygen atoms in total. The van der Waals surface area contributed by atoms with Crippen LogP contribution in [0.15, 0.2) is 40.5 Å². The van der Waals surface area contributed by atoms with Crippen molar-refractivity contribution < 1.29 is 0 Å². The summed E-state index contributed by atoms with van der Waals surface area (Å²) in [5.41, 5.74) is 1.38. The largest absolute Gasteiger partial charge is 0.0712 e. The van der Waals surface area contributed by atoms with E-state index in [1.54, 1.807) is 0 Å². The predicted molar refractivity (Wildman–Crippen MR) is 58.0 cm³/mol. The summed E-state index contributed by atoms with van der Waals surface area (Å²) in [5.74, 6) is 0.535. The summed E-state index contributed by atoms with van der Waals surface area (Å²) in [6.45, 7) is 2.20. The molecule has 1 aromatic carbocycles. The van der Waals surface area contributed by atoms with E-state index in [9.17, 15) is 0 Å². The molecule has 1 heteroatoms. The molecule has 0 aromatic heterocycles. The zero-order chi connectivity index (χ0) is 8.10. The van der Waals surface area contributed by atoms with Crippen molar-refractivity contribution in [2.24, 2.45) is 0 Å². The Morgan fingerprint density at radius 1 is 1.27 bits per heavy atom. The fraction of sp³-hybridized carbons (Fsp3) is 0.200. The Morgan fingerprint density at radius 2 is 1.91 bits per heavy atom. The first-order valence-electron chi connectivity index (χ1n) is 3.66. The molecule has 0 saturated heterocycles. The second kappa shape index (κ2) is 4.54. The molecule has 0 spiro atoms. The highest BCUT2D eigenvalue weighted by atomic mass is 127. The van der Waals surface area contributed by atoms with Crippen LogP contribution in [0.4, 0.5) is 0 Å². The van der Waals surface area contributed by atoms with Gasteiger partial charge in [-0.25, -0.2) is 0 Å². The molecular formula is C10H11I. The van der Waals surface area contributed by atoms with Gasteiger partial charge < -0.3 is 0 Å². The van der Waals surface area contributed by atoms with E-state index < -0.39 is 0 Å². The third kappa shape index (κ3) is 2.66. The predicted octanol–water partition coefficient (Wildman–Crippen LogP) is 3.74. The van der Waals surface area contributed by atoms with Crippen molar-refractivity contribution in [2.45, 2.75) is 12.8 Å². The lowest BCUT2D eigenvalue weighted by molar-refractivity contribution is 0.971. The first kappa shape index (κ1) is 8.78. The average Bonchev–Trinajstić information content (AvgIpc) is 2.07. The maximum atomic E-state index is 2.25. The van der Waals surface area contributed by atoms with Crippen molar-refractivity contribution in [1.29, 1.82) is 0 Å². The van der Waals surface area contributed by atoms with Gasteiger partial charge in [0.1, 0.15) is 0 Å². The Morgan fingerprint density at radius 3 is 2.45 bits per heavy atom. The molecule has 0 heterocycles. The van der Waals surface area contributed by atoms with Gasteiger partial charge in [0, 0.05) is 0 Å². The van der Waals surface area contributed by atoms with Crippen LogP contribution in [-0.4, -0.2) is 0 Å². The van der Waals surface area contributed by atoms with E-state index in [2.05, 4.69) is 63.9 Å². The number of rotatable bonds is 2. The van der Waals surface area contributed by atoms with Crippen LogP contribution < -0.4 is 0 Å². The van der Waals surface area contributed by atoms with Crippen LogP contribution in [0.2, 0.25) is 0 Å². The maximum Gasteiger partial charge on any atom is -0.000288 e. The second-order valence-electron chi connectivity index (χ2n) is 2.52. The summed E-state index contributed by atoms with van der Waals surface area (Å²) in [7, 11) is 0. The van der Waals surface area contributed by atoms with Crippen LogP contribution in [0.3, 0.4) is 0 Å². The lowest BCUT2D eigenvalue weighted by atomic mass is 10.0. The van der Waals surface area contributed by atoms with Gasteiger partial charge in [-0.05, 0) is 15.6 Å². The molecule has 0 N–H and O–H groups in total. The third-order valence-electron chi connectivity index (χ3n) is 1.69. The van der Waals surface area contributed by atoms with Crippen LogP contribution in [0.5, 0.6) is 0 Å². The lowest BCUT2D eigenvalue weighted by Crippen LogP contribution is -1.86. The Kier molecular flexibility index (Phi) is 3.63. The smallest absolute Gasteiger partial charge is 0.000288 e. The molecule has 1 rings (SSSR count). The molecule has 0 saturated carbocycles. The maximum absolute atomic E-state index is 2.25. The first-order valence-corrected chi connectivity index (χ1v) is 4.91. The Hall–Kier alpha value is -0.310. The zero-order valence-corrected chi connectivity index (χ0v) is 8.65. The van der Waals surface area contributed by atoms with Gasteiger partial charge in [-0.15, -0.1) is 0 Å². The molecular weight excluding hydrogens is 247 g/mol. The molecule has 58 valence electrons. The van der Waals surface area contributed by atoms with Crippen LogP contribution >= 0.6 is 22.6 Å². The Labute approximate surface area is 81.5 Å². The highest BCUT2D eigenvalue weighted by molar-refractivity contribution is 14.1.